The lowest BCUT2D eigenvalue weighted by Gasteiger charge is -2.06. The number of nitrogens with one attached hydrogen (secondary N) is 3. The van der Waals surface area contributed by atoms with Crippen LogP contribution in [0.25, 0.3) is 0 Å². The second-order valence-electron chi connectivity index (χ2n) is 4.89. The minimum atomic E-state index is -0.142. The third-order valence-corrected chi connectivity index (χ3v) is 3.34. The number of H-pyrrole nitrogens is 1. The van der Waals surface area contributed by atoms with Crippen LogP contribution in [0.5, 0.6) is 0 Å². The number of rotatable bonds is 5. The number of benzene rings is 1. The summed E-state index contributed by atoms with van der Waals surface area (Å²) in [7, 11) is 0. The highest BCUT2D eigenvalue weighted by molar-refractivity contribution is 6.02. The van der Waals surface area contributed by atoms with E-state index in [4.69, 9.17) is 0 Å². The number of aryl methyl sites for hydroxylation is 1. The molecule has 0 unspecified atom stereocenters. The van der Waals surface area contributed by atoms with Crippen molar-refractivity contribution in [2.24, 2.45) is 0 Å². The van der Waals surface area contributed by atoms with Gasteiger partial charge in [-0.25, -0.2) is 4.98 Å². The molecule has 2 amide bonds. The molecule has 2 aromatic rings. The molecule has 0 atom stereocenters. The predicted octanol–water partition coefficient (Wildman–Crippen LogP) is 0.662. The first-order valence-electron chi connectivity index (χ1n) is 6.77. The lowest BCUT2D eigenvalue weighted by atomic mass is 10.1. The summed E-state index contributed by atoms with van der Waals surface area (Å²) in [4.78, 5) is 27.3. The SMILES string of the molecule is O=C1Cc2ccc(C(=O)NCCCc3ncn[nH]3)cc2N1. The van der Waals surface area contributed by atoms with Gasteiger partial charge in [-0.3, -0.25) is 14.7 Å². The van der Waals surface area contributed by atoms with E-state index in [0.717, 1.165) is 29.9 Å². The highest BCUT2D eigenvalue weighted by Gasteiger charge is 2.18. The summed E-state index contributed by atoms with van der Waals surface area (Å²) in [6, 6.07) is 5.27. The van der Waals surface area contributed by atoms with Crippen molar-refractivity contribution in [1.29, 1.82) is 0 Å². The van der Waals surface area contributed by atoms with Gasteiger partial charge in [0.2, 0.25) is 5.91 Å². The molecule has 7 nitrogen and oxygen atoms in total. The molecule has 1 aromatic carbocycles. The smallest absolute Gasteiger partial charge is 0.251 e. The number of amides is 2. The van der Waals surface area contributed by atoms with Crippen molar-refractivity contribution in [1.82, 2.24) is 20.5 Å². The van der Waals surface area contributed by atoms with E-state index >= 15 is 0 Å². The van der Waals surface area contributed by atoms with E-state index in [1.807, 2.05) is 6.07 Å². The van der Waals surface area contributed by atoms with Crippen molar-refractivity contribution in [3.63, 3.8) is 0 Å². The Morgan fingerprint density at radius 3 is 3.10 bits per heavy atom. The number of aromatic nitrogens is 3. The Bertz CT molecular complexity index is 666. The zero-order chi connectivity index (χ0) is 14.7. The average Bonchev–Trinajstić information content (AvgIpc) is 3.10. The summed E-state index contributed by atoms with van der Waals surface area (Å²) >= 11 is 0. The van der Waals surface area contributed by atoms with Crippen molar-refractivity contribution in [2.45, 2.75) is 19.3 Å². The van der Waals surface area contributed by atoms with Gasteiger partial charge in [-0.1, -0.05) is 6.07 Å². The normalized spacial score (nSPS) is 12.9. The summed E-state index contributed by atoms with van der Waals surface area (Å²) in [5.74, 6) is 0.635. The lowest BCUT2D eigenvalue weighted by Crippen LogP contribution is -2.24. The summed E-state index contributed by atoms with van der Waals surface area (Å²) in [5, 5.41) is 12.1. The molecular weight excluding hydrogens is 270 g/mol. The van der Waals surface area contributed by atoms with Gasteiger partial charge in [0, 0.05) is 24.2 Å². The maximum atomic E-state index is 12.0. The molecule has 0 radical (unpaired) electrons. The first kappa shape index (κ1) is 13.3. The molecule has 3 rings (SSSR count). The summed E-state index contributed by atoms with van der Waals surface area (Å²) in [6.07, 6.45) is 3.37. The Labute approximate surface area is 121 Å². The first-order chi connectivity index (χ1) is 10.2. The van der Waals surface area contributed by atoms with Crippen LogP contribution in [0, 0.1) is 0 Å². The monoisotopic (exact) mass is 285 g/mol. The van der Waals surface area contributed by atoms with Crippen molar-refractivity contribution < 1.29 is 9.59 Å². The van der Waals surface area contributed by atoms with E-state index in [1.165, 1.54) is 6.33 Å². The second-order valence-corrected chi connectivity index (χ2v) is 4.89. The minimum Gasteiger partial charge on any atom is -0.352 e. The molecule has 3 N–H and O–H groups in total. The van der Waals surface area contributed by atoms with Gasteiger partial charge in [0.15, 0.2) is 0 Å². The van der Waals surface area contributed by atoms with Crippen LogP contribution in [-0.4, -0.2) is 33.5 Å². The van der Waals surface area contributed by atoms with Gasteiger partial charge in [0.25, 0.3) is 5.91 Å². The van der Waals surface area contributed by atoms with Crippen molar-refractivity contribution in [3.05, 3.63) is 41.5 Å². The van der Waals surface area contributed by atoms with Crippen LogP contribution in [0.4, 0.5) is 5.69 Å². The second kappa shape index (κ2) is 5.74. The Morgan fingerprint density at radius 1 is 1.38 bits per heavy atom. The first-order valence-corrected chi connectivity index (χ1v) is 6.77. The molecule has 1 aliphatic heterocycles. The Balaban J connectivity index is 1.51. The zero-order valence-corrected chi connectivity index (χ0v) is 11.3. The van der Waals surface area contributed by atoms with Crippen LogP contribution in [0.2, 0.25) is 0 Å². The van der Waals surface area contributed by atoms with Crippen molar-refractivity contribution in [2.75, 3.05) is 11.9 Å². The number of carbonyl (C=O) groups excluding carboxylic acids is 2. The van der Waals surface area contributed by atoms with Crippen molar-refractivity contribution >= 4 is 17.5 Å². The molecular formula is C14H15N5O2. The molecule has 0 aliphatic carbocycles. The molecule has 1 aliphatic rings. The van der Waals surface area contributed by atoms with Crippen LogP contribution in [0.15, 0.2) is 24.5 Å². The van der Waals surface area contributed by atoms with Crippen molar-refractivity contribution in [3.8, 4) is 0 Å². The number of fused-ring (bicyclic) bond motifs is 1. The van der Waals surface area contributed by atoms with Crippen LogP contribution >= 0.6 is 0 Å². The van der Waals surface area contributed by atoms with Gasteiger partial charge in [-0.15, -0.1) is 0 Å². The largest absolute Gasteiger partial charge is 0.352 e. The average molecular weight is 285 g/mol. The van der Waals surface area contributed by atoms with Gasteiger partial charge in [0.1, 0.15) is 12.2 Å². The van der Waals surface area contributed by atoms with Crippen LogP contribution < -0.4 is 10.6 Å². The maximum absolute atomic E-state index is 12.0. The summed E-state index contributed by atoms with van der Waals surface area (Å²) < 4.78 is 0. The highest BCUT2D eigenvalue weighted by Crippen LogP contribution is 2.23. The topological polar surface area (TPSA) is 99.8 Å². The fourth-order valence-corrected chi connectivity index (χ4v) is 2.27. The molecule has 21 heavy (non-hydrogen) atoms. The number of aromatic amines is 1. The van der Waals surface area contributed by atoms with Gasteiger partial charge in [-0.2, -0.15) is 5.10 Å². The summed E-state index contributed by atoms with van der Waals surface area (Å²) in [5.41, 5.74) is 2.21. The molecule has 1 aromatic heterocycles. The van der Waals surface area contributed by atoms with E-state index in [2.05, 4.69) is 25.8 Å². The number of nitrogens with zero attached hydrogens (tertiary/aromatic N) is 2. The third kappa shape index (κ3) is 3.07. The summed E-state index contributed by atoms with van der Waals surface area (Å²) in [6.45, 7) is 0.559. The van der Waals surface area contributed by atoms with E-state index in [9.17, 15) is 9.59 Å². The number of hydrogen-bond donors (Lipinski definition) is 3. The predicted molar refractivity (Wildman–Crippen MR) is 75.8 cm³/mol. The zero-order valence-electron chi connectivity index (χ0n) is 11.3. The molecule has 0 saturated heterocycles. The molecule has 0 bridgehead atoms. The van der Waals surface area contributed by atoms with Crippen LogP contribution in [0.1, 0.15) is 28.2 Å². The molecule has 0 fully saturated rings. The molecule has 0 saturated carbocycles. The Morgan fingerprint density at radius 2 is 2.29 bits per heavy atom. The van der Waals surface area contributed by atoms with Gasteiger partial charge >= 0.3 is 0 Å². The molecule has 108 valence electrons. The molecule has 2 heterocycles. The van der Waals surface area contributed by atoms with Gasteiger partial charge in [0.05, 0.1) is 6.42 Å². The fraction of sp³-hybridized carbons (Fsp3) is 0.286. The lowest BCUT2D eigenvalue weighted by molar-refractivity contribution is -0.115. The van der Waals surface area contributed by atoms with Crippen LogP contribution in [0.3, 0.4) is 0 Å². The van der Waals surface area contributed by atoms with E-state index in [1.54, 1.807) is 12.1 Å². The van der Waals surface area contributed by atoms with Crippen LogP contribution in [-0.2, 0) is 17.6 Å². The molecule has 7 heteroatoms. The number of anilines is 1. The maximum Gasteiger partial charge on any atom is 0.251 e. The minimum absolute atomic E-state index is 0.0328. The standard InChI is InChI=1S/C14H15N5O2/c20-13-7-9-3-4-10(6-11(9)18-13)14(21)15-5-1-2-12-16-8-17-19-12/h3-4,6,8H,1-2,5,7H2,(H,15,21)(H,18,20)(H,16,17,19). The number of hydrogen-bond acceptors (Lipinski definition) is 4. The van der Waals surface area contributed by atoms with Gasteiger partial charge in [-0.05, 0) is 24.1 Å². The number of carbonyl (C=O) groups is 2. The highest BCUT2D eigenvalue weighted by atomic mass is 16.2. The Hall–Kier alpha value is -2.70. The fourth-order valence-electron chi connectivity index (χ4n) is 2.27. The van der Waals surface area contributed by atoms with Gasteiger partial charge < -0.3 is 10.6 Å². The quantitative estimate of drug-likeness (QED) is 0.703. The molecule has 0 spiro atoms. The van der Waals surface area contributed by atoms with E-state index < -0.39 is 0 Å². The third-order valence-electron chi connectivity index (χ3n) is 3.34. The van der Waals surface area contributed by atoms with E-state index in [-0.39, 0.29) is 11.8 Å². The Kier molecular flexibility index (Phi) is 3.63. The van der Waals surface area contributed by atoms with E-state index in [0.29, 0.717) is 18.5 Å².